The molecule has 21 heavy (non-hydrogen) atoms. The zero-order valence-corrected chi connectivity index (χ0v) is 12.6. The van der Waals surface area contributed by atoms with E-state index >= 15 is 0 Å². The van der Waals surface area contributed by atoms with E-state index in [0.717, 1.165) is 16.8 Å². The van der Waals surface area contributed by atoms with Crippen LogP contribution in [0.25, 0.3) is 0 Å². The van der Waals surface area contributed by atoms with Gasteiger partial charge in [0.2, 0.25) is 0 Å². The summed E-state index contributed by atoms with van der Waals surface area (Å²) in [4.78, 5) is 14.0. The lowest BCUT2D eigenvalue weighted by atomic mass is 10.1. The van der Waals surface area contributed by atoms with E-state index in [4.69, 9.17) is 0 Å². The molecular weight excluding hydrogens is 264 g/mol. The Morgan fingerprint density at radius 3 is 2.43 bits per heavy atom. The van der Waals surface area contributed by atoms with Crippen molar-refractivity contribution in [3.05, 3.63) is 53.6 Å². The number of nitrogens with one attached hydrogen (secondary N) is 1. The highest BCUT2D eigenvalue weighted by atomic mass is 16.3. The number of phenols is 1. The zero-order valence-electron chi connectivity index (χ0n) is 12.6. The highest BCUT2D eigenvalue weighted by Gasteiger charge is 2.16. The number of nitrogens with zero attached hydrogens (tertiary/aromatic N) is 1. The minimum Gasteiger partial charge on any atom is -0.508 e. The molecule has 4 heteroatoms. The lowest BCUT2D eigenvalue weighted by Crippen LogP contribution is -2.35. The van der Waals surface area contributed by atoms with Crippen molar-refractivity contribution >= 4 is 17.4 Å². The Morgan fingerprint density at radius 1 is 1.14 bits per heavy atom. The highest BCUT2D eigenvalue weighted by Crippen LogP contribution is 2.25. The fourth-order valence-electron chi connectivity index (χ4n) is 2.14. The van der Waals surface area contributed by atoms with Crippen molar-refractivity contribution in [3.8, 4) is 5.75 Å². The maximum Gasteiger partial charge on any atom is 0.326 e. The molecule has 0 saturated heterocycles. The van der Waals surface area contributed by atoms with Crippen LogP contribution in [0, 0.1) is 13.8 Å². The molecule has 110 valence electrons. The Hall–Kier alpha value is -2.49. The molecule has 2 aromatic carbocycles. The Balaban J connectivity index is 2.22. The number of carbonyl (C=O) groups excluding carboxylic acids is 1. The summed E-state index contributed by atoms with van der Waals surface area (Å²) < 4.78 is 0. The molecule has 0 spiro atoms. The largest absolute Gasteiger partial charge is 0.508 e. The van der Waals surface area contributed by atoms with Crippen molar-refractivity contribution in [3.63, 3.8) is 0 Å². The van der Waals surface area contributed by atoms with E-state index in [1.165, 1.54) is 0 Å². The Labute approximate surface area is 125 Å². The fraction of sp³-hybridized carbons (Fsp3) is 0.235. The third-order valence-electron chi connectivity index (χ3n) is 3.35. The summed E-state index contributed by atoms with van der Waals surface area (Å²) >= 11 is 0. The van der Waals surface area contributed by atoms with E-state index < -0.39 is 0 Å². The molecule has 0 saturated carbocycles. The summed E-state index contributed by atoms with van der Waals surface area (Å²) in [5, 5.41) is 12.5. The molecule has 2 N–H and O–H groups in total. The second kappa shape index (κ2) is 6.31. The van der Waals surface area contributed by atoms with Gasteiger partial charge in [-0.3, -0.25) is 4.90 Å². The number of hydrogen-bond acceptors (Lipinski definition) is 2. The van der Waals surface area contributed by atoms with Crippen LogP contribution in [0.2, 0.25) is 0 Å². The van der Waals surface area contributed by atoms with Crippen molar-refractivity contribution in [2.24, 2.45) is 0 Å². The van der Waals surface area contributed by atoms with Gasteiger partial charge < -0.3 is 10.4 Å². The topological polar surface area (TPSA) is 52.6 Å². The molecule has 4 nitrogen and oxygen atoms in total. The van der Waals surface area contributed by atoms with Gasteiger partial charge in [-0.1, -0.05) is 23.8 Å². The molecule has 0 aliphatic rings. The molecule has 0 bridgehead atoms. The first-order chi connectivity index (χ1) is 10.0. The van der Waals surface area contributed by atoms with Gasteiger partial charge in [0, 0.05) is 18.3 Å². The van der Waals surface area contributed by atoms with E-state index in [1.807, 2.05) is 45.0 Å². The summed E-state index contributed by atoms with van der Waals surface area (Å²) in [6.07, 6.45) is 0. The first-order valence-electron chi connectivity index (χ1n) is 6.96. The van der Waals surface area contributed by atoms with Gasteiger partial charge in [0.05, 0.1) is 5.69 Å². The molecule has 2 aromatic rings. The quantitative estimate of drug-likeness (QED) is 0.892. The number of anilines is 2. The van der Waals surface area contributed by atoms with Gasteiger partial charge in [-0.05, 0) is 44.5 Å². The molecule has 0 radical (unpaired) electrons. The third kappa shape index (κ3) is 3.54. The smallest absolute Gasteiger partial charge is 0.326 e. The van der Waals surface area contributed by atoms with Gasteiger partial charge in [-0.15, -0.1) is 0 Å². The molecule has 0 aliphatic carbocycles. The van der Waals surface area contributed by atoms with Crippen LogP contribution >= 0.6 is 0 Å². The minimum absolute atomic E-state index is 0.150. The van der Waals surface area contributed by atoms with Crippen LogP contribution in [0.1, 0.15) is 18.1 Å². The summed E-state index contributed by atoms with van der Waals surface area (Å²) in [6.45, 7) is 6.33. The maximum absolute atomic E-state index is 12.4. The monoisotopic (exact) mass is 284 g/mol. The number of aryl methyl sites for hydroxylation is 2. The van der Waals surface area contributed by atoms with Gasteiger partial charge in [0.25, 0.3) is 0 Å². The minimum atomic E-state index is -0.213. The molecule has 0 aromatic heterocycles. The van der Waals surface area contributed by atoms with Gasteiger partial charge in [0.15, 0.2) is 0 Å². The van der Waals surface area contributed by atoms with Crippen LogP contribution in [0.4, 0.5) is 16.2 Å². The number of phenolic OH excluding ortho intramolecular Hbond substituents is 1. The van der Waals surface area contributed by atoms with E-state index in [-0.39, 0.29) is 11.8 Å². The number of aromatic hydroxyl groups is 1. The van der Waals surface area contributed by atoms with Crippen molar-refractivity contribution in [1.29, 1.82) is 0 Å². The number of amides is 2. The average Bonchev–Trinajstić information content (AvgIpc) is 2.46. The Bertz CT molecular complexity index is 636. The Kier molecular flexibility index (Phi) is 4.48. The summed E-state index contributed by atoms with van der Waals surface area (Å²) in [6, 6.07) is 12.4. The van der Waals surface area contributed by atoms with Gasteiger partial charge in [0.1, 0.15) is 5.75 Å². The molecule has 0 atom stereocenters. The maximum atomic E-state index is 12.4. The zero-order chi connectivity index (χ0) is 15.4. The fourth-order valence-corrected chi connectivity index (χ4v) is 2.14. The summed E-state index contributed by atoms with van der Waals surface area (Å²) in [5.74, 6) is 0.150. The van der Waals surface area contributed by atoms with Crippen molar-refractivity contribution in [2.75, 3.05) is 16.8 Å². The van der Waals surface area contributed by atoms with Crippen LogP contribution in [0.3, 0.4) is 0 Å². The van der Waals surface area contributed by atoms with Crippen LogP contribution in [-0.2, 0) is 0 Å². The summed E-state index contributed by atoms with van der Waals surface area (Å²) in [5.41, 5.74) is 3.54. The molecule has 0 fully saturated rings. The van der Waals surface area contributed by atoms with Gasteiger partial charge in [-0.2, -0.15) is 0 Å². The summed E-state index contributed by atoms with van der Waals surface area (Å²) in [7, 11) is 0. The third-order valence-corrected chi connectivity index (χ3v) is 3.35. The Morgan fingerprint density at radius 2 is 1.81 bits per heavy atom. The van der Waals surface area contributed by atoms with Crippen LogP contribution in [0.15, 0.2) is 42.5 Å². The molecule has 0 unspecified atom stereocenters. The lowest BCUT2D eigenvalue weighted by molar-refractivity contribution is 0.257. The predicted molar refractivity (Wildman–Crippen MR) is 86.1 cm³/mol. The first-order valence-corrected chi connectivity index (χ1v) is 6.96. The normalized spacial score (nSPS) is 10.2. The molecule has 2 amide bonds. The number of carbonyl (C=O) groups is 1. The van der Waals surface area contributed by atoms with E-state index in [1.54, 1.807) is 23.1 Å². The van der Waals surface area contributed by atoms with Crippen molar-refractivity contribution in [2.45, 2.75) is 20.8 Å². The standard InChI is InChI=1S/C17H20N2O2/c1-4-19(16-11-15(20)10-7-13(16)3)17(21)18-14-8-5-12(2)6-9-14/h5-11,20H,4H2,1-3H3,(H,18,21). The molecule has 0 heterocycles. The number of benzene rings is 2. The van der Waals surface area contributed by atoms with Crippen LogP contribution in [-0.4, -0.2) is 17.7 Å². The van der Waals surface area contributed by atoms with E-state index in [0.29, 0.717) is 12.2 Å². The van der Waals surface area contributed by atoms with Crippen molar-refractivity contribution < 1.29 is 9.90 Å². The highest BCUT2D eigenvalue weighted by molar-refractivity contribution is 6.02. The first kappa shape index (κ1) is 14.9. The second-order valence-corrected chi connectivity index (χ2v) is 5.01. The van der Waals surface area contributed by atoms with Crippen LogP contribution in [0.5, 0.6) is 5.75 Å². The molecular formula is C17H20N2O2. The van der Waals surface area contributed by atoms with E-state index in [9.17, 15) is 9.90 Å². The van der Waals surface area contributed by atoms with E-state index in [2.05, 4.69) is 5.32 Å². The van der Waals surface area contributed by atoms with Gasteiger partial charge >= 0.3 is 6.03 Å². The van der Waals surface area contributed by atoms with Gasteiger partial charge in [-0.25, -0.2) is 4.79 Å². The number of rotatable bonds is 3. The van der Waals surface area contributed by atoms with Crippen molar-refractivity contribution in [1.82, 2.24) is 0 Å². The molecule has 0 aliphatic heterocycles. The molecule has 2 rings (SSSR count). The SMILES string of the molecule is CCN(C(=O)Nc1ccc(C)cc1)c1cc(O)ccc1C. The number of urea groups is 1. The number of hydrogen-bond donors (Lipinski definition) is 2. The predicted octanol–water partition coefficient (Wildman–Crippen LogP) is 4.07. The average molecular weight is 284 g/mol. The lowest BCUT2D eigenvalue weighted by Gasteiger charge is -2.23. The van der Waals surface area contributed by atoms with Crippen LogP contribution < -0.4 is 10.2 Å². The second-order valence-electron chi connectivity index (χ2n) is 5.01.